The van der Waals surface area contributed by atoms with Crippen molar-refractivity contribution in [1.29, 1.82) is 0 Å². The predicted molar refractivity (Wildman–Crippen MR) is 405 cm³/mol. The number of benzene rings is 9. The standard InChI is InChI=1S/C27H23F3N2O7.2C27H26N2O7/c1-13(33)19-10-14(4-7-17(19)24(35)36)15-5-8-18(25(37)38)20(11-15)23(34)32-16-6-9-21(22(12-16)31-3)26(2,39)27(28,29)30;1-14(30)20-11-15(5-8-18(20)25(32)33)16-6-9-19(26(34)35)21(12-16)24(31)29-23-13-17(28-4)7-10-22(23)27(2,3)36;1-14(30)22-9-15(5-7-20(22)25(32)33)16-6-8-21(26(34)35)23(10-16)24(31)29-19-12-17(27(2,3)36)11-18(13-19)28-4/h4-12,31,39H,1-3H3,(H,32,34)(H,35,36)(H,37,38);2*5-13,28,36H,1-4H3,(H,29,31)(H,32,33)(H,34,35). The number of aliphatic hydroxyl groups is 3. The number of carbonyl (C=O) groups excluding carboxylic acids is 6. The van der Waals surface area contributed by atoms with Crippen LogP contribution in [0.2, 0.25) is 0 Å². The van der Waals surface area contributed by atoms with E-state index < -0.39 is 99.4 Å². The van der Waals surface area contributed by atoms with Crippen molar-refractivity contribution in [1.82, 2.24) is 0 Å². The maximum absolute atomic E-state index is 13.3. The van der Waals surface area contributed by atoms with Crippen LogP contribution in [0.4, 0.5) is 47.3 Å². The van der Waals surface area contributed by atoms with Gasteiger partial charge in [0, 0.05) is 83.1 Å². The van der Waals surface area contributed by atoms with Gasteiger partial charge in [-0.15, -0.1) is 0 Å². The Morgan fingerprint density at radius 3 is 0.874 bits per heavy atom. The molecule has 3 amide bonds. The smallest absolute Gasteiger partial charge is 0.421 e. The van der Waals surface area contributed by atoms with Gasteiger partial charge in [0.05, 0.1) is 61.3 Å². The number of alkyl halides is 3. The second-order valence-electron chi connectivity index (χ2n) is 26.2. The second kappa shape index (κ2) is 34.0. The molecule has 0 radical (unpaired) electrons. The number of halogens is 3. The number of carboxylic acids is 6. The number of amides is 3. The molecule has 1 atom stereocenters. The largest absolute Gasteiger partial charge is 0.478 e. The first-order valence-electron chi connectivity index (χ1n) is 33.2. The summed E-state index contributed by atoms with van der Waals surface area (Å²) in [6.07, 6.45) is -4.98. The van der Waals surface area contributed by atoms with Crippen LogP contribution in [-0.2, 0) is 16.8 Å². The second-order valence-corrected chi connectivity index (χ2v) is 26.2. The van der Waals surface area contributed by atoms with Crippen molar-refractivity contribution >= 4 is 105 Å². The highest BCUT2D eigenvalue weighted by molar-refractivity contribution is 6.15. The van der Waals surface area contributed by atoms with E-state index in [-0.39, 0.29) is 78.1 Å². The van der Waals surface area contributed by atoms with Gasteiger partial charge in [0.2, 0.25) is 0 Å². The highest BCUT2D eigenvalue weighted by Crippen LogP contribution is 2.43. The van der Waals surface area contributed by atoms with Gasteiger partial charge < -0.3 is 77.9 Å². The molecular formula is C81H75F3N6O21. The number of anilines is 6. The molecule has 0 aliphatic heterocycles. The van der Waals surface area contributed by atoms with Gasteiger partial charge in [0.1, 0.15) is 0 Å². The van der Waals surface area contributed by atoms with Crippen LogP contribution in [0.5, 0.6) is 0 Å². The quantitative estimate of drug-likeness (QED) is 0.0250. The lowest BCUT2D eigenvalue weighted by Crippen LogP contribution is -2.39. The van der Waals surface area contributed by atoms with Crippen molar-refractivity contribution < 1.29 is 117 Å². The van der Waals surface area contributed by atoms with E-state index in [9.17, 15) is 117 Å². The fourth-order valence-electron chi connectivity index (χ4n) is 11.4. The molecule has 0 fully saturated rings. The first kappa shape index (κ1) is 84.6. The Kier molecular flexibility index (Phi) is 25.9. The van der Waals surface area contributed by atoms with Crippen molar-refractivity contribution in [3.05, 3.63) is 247 Å². The van der Waals surface area contributed by atoms with Crippen LogP contribution in [-0.4, -0.2) is 144 Å². The average molecular weight is 1530 g/mol. The zero-order valence-corrected chi connectivity index (χ0v) is 61.1. The summed E-state index contributed by atoms with van der Waals surface area (Å²) in [5.41, 5.74) is -3.09. The highest BCUT2D eigenvalue weighted by atomic mass is 19.4. The molecule has 1 unspecified atom stereocenters. The summed E-state index contributed by atoms with van der Waals surface area (Å²) in [7, 11) is 4.71. The third-order valence-corrected chi connectivity index (χ3v) is 17.4. The number of ketones is 3. The Morgan fingerprint density at radius 1 is 0.288 bits per heavy atom. The van der Waals surface area contributed by atoms with E-state index in [0.717, 1.165) is 24.3 Å². The van der Waals surface area contributed by atoms with Crippen LogP contribution in [0.25, 0.3) is 33.4 Å². The molecular weight excluding hydrogens is 1450 g/mol. The first-order chi connectivity index (χ1) is 51.7. The summed E-state index contributed by atoms with van der Waals surface area (Å²) < 4.78 is 40.0. The van der Waals surface area contributed by atoms with Crippen molar-refractivity contribution in [2.45, 2.75) is 78.4 Å². The lowest BCUT2D eigenvalue weighted by molar-refractivity contribution is -0.258. The van der Waals surface area contributed by atoms with E-state index in [2.05, 4.69) is 31.9 Å². The van der Waals surface area contributed by atoms with Gasteiger partial charge in [0.15, 0.2) is 23.0 Å². The molecule has 30 heteroatoms. The molecule has 111 heavy (non-hydrogen) atoms. The molecule has 576 valence electrons. The van der Waals surface area contributed by atoms with Gasteiger partial charge in [0.25, 0.3) is 17.7 Å². The van der Waals surface area contributed by atoms with Gasteiger partial charge in [-0.3, -0.25) is 28.8 Å². The molecule has 0 aliphatic rings. The summed E-state index contributed by atoms with van der Waals surface area (Å²) in [5.74, 6) is -11.6. The van der Waals surface area contributed by atoms with E-state index in [4.69, 9.17) is 0 Å². The summed E-state index contributed by atoms with van der Waals surface area (Å²) >= 11 is 0. The number of carboxylic acid groups (broad SMARTS) is 6. The lowest BCUT2D eigenvalue weighted by Gasteiger charge is -2.29. The fraction of sp³-hybridized carbons (Fsp3) is 0.185. The topological polar surface area (TPSA) is 459 Å². The lowest BCUT2D eigenvalue weighted by atomic mass is 9.93. The van der Waals surface area contributed by atoms with Crippen LogP contribution < -0.4 is 31.9 Å². The summed E-state index contributed by atoms with van der Waals surface area (Å²) in [4.78, 5) is 146. The van der Waals surface area contributed by atoms with Crippen LogP contribution >= 0.6 is 0 Å². The maximum atomic E-state index is 13.3. The van der Waals surface area contributed by atoms with Gasteiger partial charge in [-0.05, 0) is 210 Å². The Hall–Kier alpha value is -13.7. The van der Waals surface area contributed by atoms with Crippen molar-refractivity contribution in [2.75, 3.05) is 53.0 Å². The zero-order valence-electron chi connectivity index (χ0n) is 61.1. The van der Waals surface area contributed by atoms with Crippen molar-refractivity contribution in [3.63, 3.8) is 0 Å². The summed E-state index contributed by atoms with van der Waals surface area (Å²) in [6, 6.07) is 37.5. The van der Waals surface area contributed by atoms with E-state index in [0.29, 0.717) is 74.2 Å². The SMILES string of the molecule is CNc1cc(NC(=O)c2cc(-c3ccc(C(=O)O)c(C(C)=O)c3)ccc2C(=O)O)cc(C(C)(C)O)c1.CNc1cc(NC(=O)c2cc(-c3ccc(C(=O)O)c(C(C)=O)c3)ccc2C(=O)O)ccc1C(C)(O)C(F)(F)F.CNc1ccc(C(C)(C)O)c(NC(=O)c2cc(-c3ccc(C(=O)O)c(C(C)=O)c3)ccc2C(=O)O)c1. The van der Waals surface area contributed by atoms with Crippen LogP contribution in [0.3, 0.4) is 0 Å². The van der Waals surface area contributed by atoms with Gasteiger partial charge in [-0.2, -0.15) is 13.2 Å². The average Bonchev–Trinajstić information content (AvgIpc) is 0.784. The van der Waals surface area contributed by atoms with Gasteiger partial charge in [-0.25, -0.2) is 28.8 Å². The Labute approximate surface area is 631 Å². The van der Waals surface area contributed by atoms with Crippen molar-refractivity contribution in [3.8, 4) is 33.4 Å². The molecule has 9 aromatic carbocycles. The molecule has 9 aromatic rings. The van der Waals surface area contributed by atoms with Gasteiger partial charge >= 0.3 is 42.0 Å². The molecule has 15 N–H and O–H groups in total. The minimum Gasteiger partial charge on any atom is -0.478 e. The molecule has 27 nitrogen and oxygen atoms in total. The Balaban J connectivity index is 0.000000231. The third-order valence-electron chi connectivity index (χ3n) is 17.4. The van der Waals surface area contributed by atoms with E-state index in [1.54, 1.807) is 78.2 Å². The monoisotopic (exact) mass is 1520 g/mol. The summed E-state index contributed by atoms with van der Waals surface area (Å²) in [5, 5.41) is 104. The van der Waals surface area contributed by atoms with Crippen molar-refractivity contribution in [2.24, 2.45) is 0 Å². The zero-order chi connectivity index (χ0) is 82.9. The molecule has 0 aliphatic carbocycles. The molecule has 0 saturated heterocycles. The number of hydrogen-bond donors (Lipinski definition) is 15. The third kappa shape index (κ3) is 19.9. The van der Waals surface area contributed by atoms with E-state index in [1.807, 2.05) is 0 Å². The first-order valence-corrected chi connectivity index (χ1v) is 33.2. The molecule has 0 heterocycles. The number of rotatable bonds is 24. The minimum absolute atomic E-state index is 0.00339. The molecule has 0 spiro atoms. The number of aromatic carboxylic acids is 6. The molecule has 0 bridgehead atoms. The fourth-order valence-corrected chi connectivity index (χ4v) is 11.4. The van der Waals surface area contributed by atoms with Gasteiger partial charge in [-0.1, -0.05) is 48.5 Å². The van der Waals surface area contributed by atoms with E-state index in [1.165, 1.54) is 131 Å². The normalized spacial score (nSPS) is 11.6. The number of hydrogen-bond acceptors (Lipinski definition) is 18. The summed E-state index contributed by atoms with van der Waals surface area (Å²) in [6.45, 7) is 10.6. The predicted octanol–water partition coefficient (Wildman–Crippen LogP) is 14.0. The van der Waals surface area contributed by atoms with Crippen LogP contribution in [0, 0.1) is 0 Å². The van der Waals surface area contributed by atoms with E-state index >= 15 is 0 Å². The Morgan fingerprint density at radius 2 is 0.577 bits per heavy atom. The Bertz CT molecular complexity index is 5310. The minimum atomic E-state index is -4.98. The molecule has 9 rings (SSSR count). The number of Topliss-reactive ketones (excluding diaryl/α,β-unsaturated/α-hetero) is 3. The number of carbonyl (C=O) groups is 12. The molecule has 0 aromatic heterocycles. The van der Waals surface area contributed by atoms with Crippen LogP contribution in [0.15, 0.2) is 164 Å². The maximum Gasteiger partial charge on any atom is 0.421 e. The molecule has 0 saturated carbocycles. The number of nitrogens with one attached hydrogen (secondary N) is 6. The van der Waals surface area contributed by atoms with Crippen LogP contribution in [0.1, 0.15) is 196 Å². The highest BCUT2D eigenvalue weighted by Gasteiger charge is 2.52.